The van der Waals surface area contributed by atoms with E-state index < -0.39 is 23.5 Å². The zero-order chi connectivity index (χ0) is 19.8. The number of carbonyl (C=O) groups excluding carboxylic acids is 1. The minimum Gasteiger partial charge on any atom is -0.459 e. The highest BCUT2D eigenvalue weighted by Crippen LogP contribution is 2.19. The zero-order valence-electron chi connectivity index (χ0n) is 14.6. The Morgan fingerprint density at radius 3 is 2.48 bits per heavy atom. The van der Waals surface area contributed by atoms with E-state index in [0.717, 1.165) is 0 Å². The molecule has 27 heavy (non-hydrogen) atoms. The first-order valence-corrected chi connectivity index (χ1v) is 9.13. The van der Waals surface area contributed by atoms with Crippen molar-refractivity contribution >= 4 is 22.6 Å². The topological polar surface area (TPSA) is 73.5 Å². The molecule has 6 nitrogen and oxygen atoms in total. The molecule has 0 aliphatic rings. The molecule has 1 amide bonds. The smallest absolute Gasteiger partial charge is 0.387 e. The van der Waals surface area contributed by atoms with Crippen molar-refractivity contribution in [2.45, 2.75) is 25.4 Å². The number of furan rings is 1. The second-order valence-electron chi connectivity index (χ2n) is 4.79. The van der Waals surface area contributed by atoms with E-state index in [-0.39, 0.29) is 11.5 Å². The van der Waals surface area contributed by atoms with Gasteiger partial charge in [0, 0.05) is 12.4 Å². The molecule has 9 heteroatoms. The Kier molecular flexibility index (Phi) is 7.30. The first-order chi connectivity index (χ1) is 13.0. The largest absolute Gasteiger partial charge is 0.459 e. The van der Waals surface area contributed by atoms with Crippen LogP contribution in [-0.2, 0) is 11.0 Å². The Hall–Kier alpha value is -2.94. The maximum atomic E-state index is 12.5. The van der Waals surface area contributed by atoms with Crippen molar-refractivity contribution in [3.8, 4) is 5.75 Å². The summed E-state index contributed by atoms with van der Waals surface area (Å²) in [4.78, 5) is 12.3. The van der Waals surface area contributed by atoms with Gasteiger partial charge in [0.15, 0.2) is 16.7 Å². The number of hydrogen-bond donors (Lipinski definition) is 1. The third-order valence-electron chi connectivity index (χ3n) is 3.11. The number of benzene rings is 1. The van der Waals surface area contributed by atoms with Crippen LogP contribution in [0, 0.1) is 0 Å². The van der Waals surface area contributed by atoms with E-state index in [1.54, 1.807) is 12.1 Å². The number of carbonyl (C=O) groups is 1. The van der Waals surface area contributed by atoms with Gasteiger partial charge in [-0.3, -0.25) is 8.77 Å². The highest BCUT2D eigenvalue weighted by atomic mass is 32.2. The maximum absolute atomic E-state index is 12.5. The molecule has 1 atom stereocenters. The van der Waals surface area contributed by atoms with Crippen molar-refractivity contribution in [1.82, 2.24) is 3.97 Å². The lowest BCUT2D eigenvalue weighted by Gasteiger charge is -2.06. The fourth-order valence-electron chi connectivity index (χ4n) is 2.01. The number of hydrogen-bond acceptors (Lipinski definition) is 4. The Bertz CT molecular complexity index is 877. The van der Waals surface area contributed by atoms with Crippen molar-refractivity contribution in [3.05, 3.63) is 66.9 Å². The van der Waals surface area contributed by atoms with Crippen molar-refractivity contribution in [2.75, 3.05) is 5.32 Å². The van der Waals surface area contributed by atoms with Crippen LogP contribution in [0.1, 0.15) is 24.4 Å². The van der Waals surface area contributed by atoms with Crippen molar-refractivity contribution in [1.29, 1.82) is 0 Å². The van der Waals surface area contributed by atoms with Crippen LogP contribution in [0.5, 0.6) is 5.75 Å². The first kappa shape index (κ1) is 20.4. The van der Waals surface area contributed by atoms with Crippen LogP contribution < -0.4 is 10.1 Å². The molecule has 0 spiro atoms. The van der Waals surface area contributed by atoms with Crippen LogP contribution >= 0.6 is 0 Å². The van der Waals surface area contributed by atoms with Gasteiger partial charge in [-0.1, -0.05) is 13.8 Å². The molecule has 2 heterocycles. The van der Waals surface area contributed by atoms with Crippen molar-refractivity contribution in [3.63, 3.8) is 0 Å². The van der Waals surface area contributed by atoms with Crippen molar-refractivity contribution in [2.24, 2.45) is 0 Å². The number of rotatable bonds is 6. The van der Waals surface area contributed by atoms with Crippen LogP contribution in [0.15, 0.2) is 70.4 Å². The summed E-state index contributed by atoms with van der Waals surface area (Å²) in [5.41, 5.74) is 0.437. The number of nitrogens with one attached hydrogen (secondary N) is 1. The van der Waals surface area contributed by atoms with Gasteiger partial charge in [-0.05, 0) is 42.5 Å². The minimum absolute atomic E-state index is 0.0188. The van der Waals surface area contributed by atoms with E-state index in [2.05, 4.69) is 10.1 Å². The van der Waals surface area contributed by atoms with E-state index >= 15 is 0 Å². The van der Waals surface area contributed by atoms with Gasteiger partial charge < -0.3 is 14.5 Å². The molecular weight excluding hydrogens is 378 g/mol. The molecule has 0 fully saturated rings. The number of aromatic nitrogens is 1. The van der Waals surface area contributed by atoms with E-state index in [1.807, 2.05) is 13.8 Å². The van der Waals surface area contributed by atoms with Crippen molar-refractivity contribution < 1.29 is 26.9 Å². The minimum atomic E-state index is -2.92. The molecule has 3 rings (SSSR count). The average Bonchev–Trinajstić information content (AvgIpc) is 3.35. The lowest BCUT2D eigenvalue weighted by Crippen LogP contribution is -2.10. The van der Waals surface area contributed by atoms with Gasteiger partial charge in [0.1, 0.15) is 5.75 Å². The highest BCUT2D eigenvalue weighted by molar-refractivity contribution is 7.83. The Morgan fingerprint density at radius 1 is 1.19 bits per heavy atom. The summed E-state index contributed by atoms with van der Waals surface area (Å²) < 4.78 is 47.3. The zero-order valence-corrected chi connectivity index (χ0v) is 15.4. The molecular formula is C18H18F2N2O4S. The van der Waals surface area contributed by atoms with Gasteiger partial charge in [0.25, 0.3) is 5.91 Å². The third-order valence-corrected chi connectivity index (χ3v) is 4.40. The van der Waals surface area contributed by atoms with E-state index in [1.165, 1.54) is 53.0 Å². The monoisotopic (exact) mass is 396 g/mol. The summed E-state index contributed by atoms with van der Waals surface area (Å²) in [5, 5.41) is 2.61. The van der Waals surface area contributed by atoms with Gasteiger partial charge in [0.2, 0.25) is 0 Å². The first-order valence-electron chi connectivity index (χ1n) is 8.03. The molecule has 0 saturated heterocycles. The van der Waals surface area contributed by atoms with Gasteiger partial charge in [-0.15, -0.1) is 0 Å². The molecule has 2 aromatic heterocycles. The molecule has 1 aromatic carbocycles. The van der Waals surface area contributed by atoms with Crippen LogP contribution in [0.2, 0.25) is 0 Å². The summed E-state index contributed by atoms with van der Waals surface area (Å²) in [6, 6.07) is 10.2. The normalized spacial score (nSPS) is 11.4. The Morgan fingerprint density at radius 2 is 1.89 bits per heavy atom. The fourth-order valence-corrected chi connectivity index (χ4v) is 3.01. The summed E-state index contributed by atoms with van der Waals surface area (Å²) in [5.74, 6) is -0.291. The van der Waals surface area contributed by atoms with Crippen LogP contribution in [0.4, 0.5) is 14.5 Å². The molecule has 0 saturated carbocycles. The number of nitrogens with zero attached hydrogens (tertiary/aromatic N) is 1. The van der Waals surface area contributed by atoms with Gasteiger partial charge >= 0.3 is 6.61 Å². The second-order valence-corrected chi connectivity index (χ2v) is 6.18. The number of ether oxygens (including phenoxy) is 1. The van der Waals surface area contributed by atoms with Gasteiger partial charge in [-0.2, -0.15) is 8.78 Å². The summed E-state index contributed by atoms with van der Waals surface area (Å²) in [6.45, 7) is 1.08. The molecule has 0 radical (unpaired) electrons. The lowest BCUT2D eigenvalue weighted by atomic mass is 10.3. The third kappa shape index (κ3) is 5.52. The van der Waals surface area contributed by atoms with Crippen LogP contribution in [0.3, 0.4) is 0 Å². The lowest BCUT2D eigenvalue weighted by molar-refractivity contribution is -0.0498. The molecule has 3 aromatic rings. The number of anilines is 1. The number of halogens is 2. The summed E-state index contributed by atoms with van der Waals surface area (Å²) in [6.07, 6.45) is 4.40. The number of alkyl halides is 2. The van der Waals surface area contributed by atoms with E-state index in [0.29, 0.717) is 10.6 Å². The maximum Gasteiger partial charge on any atom is 0.387 e. The Labute approximate surface area is 157 Å². The van der Waals surface area contributed by atoms with E-state index in [9.17, 15) is 17.8 Å². The second kappa shape index (κ2) is 9.67. The van der Waals surface area contributed by atoms with Crippen LogP contribution in [0.25, 0.3) is 0 Å². The average molecular weight is 396 g/mol. The standard InChI is InChI=1S/C16H12F2N2O4S.C2H6/c17-16(18)24-12-3-5-13(6-4-12)25(22)20-8-7-11(10-20)19-15(21)14-2-1-9-23-14;1-2/h1-10,16H,(H,19,21);1-2H3. The molecule has 0 bridgehead atoms. The highest BCUT2D eigenvalue weighted by Gasteiger charge is 2.12. The van der Waals surface area contributed by atoms with Gasteiger partial charge in [-0.25, -0.2) is 4.21 Å². The SMILES string of the molecule is CC.O=C(Nc1ccn(S(=O)c2ccc(OC(F)F)cc2)c1)c1ccco1. The van der Waals surface area contributed by atoms with Gasteiger partial charge in [0.05, 0.1) is 16.8 Å². The number of amides is 1. The van der Waals surface area contributed by atoms with Crippen LogP contribution in [-0.4, -0.2) is 20.7 Å². The molecule has 1 unspecified atom stereocenters. The molecule has 0 aliphatic carbocycles. The molecule has 1 N–H and O–H groups in total. The summed E-state index contributed by atoms with van der Waals surface area (Å²) >= 11 is 0. The Balaban J connectivity index is 0.00000126. The molecule has 0 aliphatic heterocycles. The molecule has 144 valence electrons. The van der Waals surface area contributed by atoms with E-state index in [4.69, 9.17) is 4.42 Å². The predicted octanol–water partition coefficient (Wildman–Crippen LogP) is 4.53. The summed E-state index contributed by atoms with van der Waals surface area (Å²) in [7, 11) is -1.60. The fraction of sp³-hybridized carbons (Fsp3) is 0.167. The predicted molar refractivity (Wildman–Crippen MR) is 97.3 cm³/mol. The quantitative estimate of drug-likeness (QED) is 0.664.